The molecule has 0 spiro atoms. The molecule has 0 saturated heterocycles. The maximum Gasteiger partial charge on any atom is 0.250 e. The lowest BCUT2D eigenvalue weighted by atomic mass is 10.2. The van der Waals surface area contributed by atoms with E-state index in [1.54, 1.807) is 0 Å². The third-order valence-electron chi connectivity index (χ3n) is 3.21. The number of fused-ring (bicyclic) bond motifs is 1. The molecule has 0 aromatic carbocycles. The highest BCUT2D eigenvalue weighted by Crippen LogP contribution is 2.19. The molecule has 0 aliphatic heterocycles. The van der Waals surface area contributed by atoms with Crippen molar-refractivity contribution < 1.29 is 4.79 Å². The van der Waals surface area contributed by atoms with Crippen molar-refractivity contribution in [2.45, 2.75) is 6.42 Å². The molecule has 0 unspecified atom stereocenters. The van der Waals surface area contributed by atoms with E-state index in [0.717, 1.165) is 17.8 Å². The fraction of sp³-hybridized carbons (Fsp3) is 0.133. The van der Waals surface area contributed by atoms with Crippen LogP contribution in [-0.2, 0) is 6.42 Å². The smallest absolute Gasteiger partial charge is 0.250 e. The number of nitrogens with two attached hydrogens (primary N) is 1. The van der Waals surface area contributed by atoms with Gasteiger partial charge in [0.2, 0.25) is 5.91 Å². The van der Waals surface area contributed by atoms with Crippen molar-refractivity contribution in [3.05, 3.63) is 59.1 Å². The third-order valence-corrected chi connectivity index (χ3v) is 3.50. The van der Waals surface area contributed by atoms with Crippen molar-refractivity contribution in [3.63, 3.8) is 0 Å². The maximum atomic E-state index is 11.0. The molecule has 3 aromatic rings. The molecule has 112 valence electrons. The Morgan fingerprint density at radius 1 is 1.41 bits per heavy atom. The Labute approximate surface area is 131 Å². The van der Waals surface area contributed by atoms with Crippen LogP contribution in [0.5, 0.6) is 0 Å². The summed E-state index contributed by atoms with van der Waals surface area (Å²) in [6.07, 6.45) is 6.08. The summed E-state index contributed by atoms with van der Waals surface area (Å²) in [5.74, 6) is -0.0268. The molecule has 0 atom stereocenters. The topological polar surface area (TPSA) is 85.3 Å². The van der Waals surface area contributed by atoms with E-state index in [1.165, 1.54) is 12.3 Å². The van der Waals surface area contributed by atoms with E-state index in [-0.39, 0.29) is 5.56 Å². The molecule has 22 heavy (non-hydrogen) atoms. The molecule has 0 fully saturated rings. The minimum atomic E-state index is -0.550. The average molecular weight is 316 g/mol. The van der Waals surface area contributed by atoms with Crippen molar-refractivity contribution in [2.24, 2.45) is 5.73 Å². The second kappa shape index (κ2) is 6.03. The summed E-state index contributed by atoms with van der Waals surface area (Å²) in [5.41, 5.74) is 7.36. The van der Waals surface area contributed by atoms with Gasteiger partial charge in [0.05, 0.1) is 16.3 Å². The number of hydrogen-bond acceptors (Lipinski definition) is 4. The molecule has 0 bridgehead atoms. The van der Waals surface area contributed by atoms with Gasteiger partial charge in [-0.1, -0.05) is 17.7 Å². The number of carbonyl (C=O) groups excluding carboxylic acids is 1. The van der Waals surface area contributed by atoms with Crippen LogP contribution >= 0.6 is 11.6 Å². The average Bonchev–Trinajstić information content (AvgIpc) is 2.91. The molecule has 0 saturated carbocycles. The van der Waals surface area contributed by atoms with Gasteiger partial charge in [-0.2, -0.15) is 0 Å². The van der Waals surface area contributed by atoms with Crippen molar-refractivity contribution in [1.82, 2.24) is 14.4 Å². The van der Waals surface area contributed by atoms with Gasteiger partial charge in [0, 0.05) is 31.6 Å². The molecular formula is C15H14ClN5O. The van der Waals surface area contributed by atoms with Gasteiger partial charge in [-0.25, -0.2) is 9.97 Å². The van der Waals surface area contributed by atoms with E-state index < -0.39 is 5.91 Å². The molecule has 6 nitrogen and oxygen atoms in total. The van der Waals surface area contributed by atoms with Crippen LogP contribution in [0.3, 0.4) is 0 Å². The highest BCUT2D eigenvalue weighted by Gasteiger charge is 2.07. The minimum Gasteiger partial charge on any atom is -0.368 e. The van der Waals surface area contributed by atoms with Crippen LogP contribution in [-0.4, -0.2) is 26.8 Å². The van der Waals surface area contributed by atoms with Crippen LogP contribution in [0.15, 0.2) is 42.9 Å². The molecule has 1 amide bonds. The van der Waals surface area contributed by atoms with E-state index in [9.17, 15) is 4.79 Å². The first-order valence-electron chi connectivity index (χ1n) is 6.75. The number of rotatable bonds is 5. The predicted molar refractivity (Wildman–Crippen MR) is 85.2 cm³/mol. The van der Waals surface area contributed by atoms with Gasteiger partial charge in [0.25, 0.3) is 0 Å². The number of imidazole rings is 1. The second-order valence-corrected chi connectivity index (χ2v) is 5.20. The Hall–Kier alpha value is -2.60. The number of anilines is 1. The summed E-state index contributed by atoms with van der Waals surface area (Å²) in [6.45, 7) is 0.631. The fourth-order valence-electron chi connectivity index (χ4n) is 2.12. The number of hydrogen-bond donors (Lipinski definition) is 2. The summed E-state index contributed by atoms with van der Waals surface area (Å²) in [6, 6.07) is 7.37. The van der Waals surface area contributed by atoms with Gasteiger partial charge in [0.1, 0.15) is 11.5 Å². The summed E-state index contributed by atoms with van der Waals surface area (Å²) >= 11 is 6.07. The van der Waals surface area contributed by atoms with Gasteiger partial charge < -0.3 is 15.5 Å². The van der Waals surface area contributed by atoms with E-state index in [0.29, 0.717) is 17.4 Å². The van der Waals surface area contributed by atoms with Crippen LogP contribution in [0, 0.1) is 0 Å². The lowest BCUT2D eigenvalue weighted by molar-refractivity contribution is 0.1000. The highest BCUT2D eigenvalue weighted by molar-refractivity contribution is 6.33. The SMILES string of the molecule is NC(=O)c1cnc(NCCc2cn3ccccc3n2)c(Cl)c1. The molecule has 3 aromatic heterocycles. The fourth-order valence-corrected chi connectivity index (χ4v) is 2.35. The Balaban J connectivity index is 1.64. The summed E-state index contributed by atoms with van der Waals surface area (Å²) in [7, 11) is 0. The van der Waals surface area contributed by atoms with Crippen molar-refractivity contribution in [2.75, 3.05) is 11.9 Å². The molecular weight excluding hydrogens is 302 g/mol. The van der Waals surface area contributed by atoms with Crippen LogP contribution in [0.2, 0.25) is 5.02 Å². The van der Waals surface area contributed by atoms with Crippen LogP contribution < -0.4 is 11.1 Å². The van der Waals surface area contributed by atoms with Gasteiger partial charge in [-0.15, -0.1) is 0 Å². The summed E-state index contributed by atoms with van der Waals surface area (Å²) in [4.78, 5) is 19.7. The predicted octanol–water partition coefficient (Wildman–Crippen LogP) is 2.14. The van der Waals surface area contributed by atoms with Gasteiger partial charge in [-0.05, 0) is 18.2 Å². The largest absolute Gasteiger partial charge is 0.368 e. The number of nitrogens with zero attached hydrogens (tertiary/aromatic N) is 3. The quantitative estimate of drug-likeness (QED) is 0.755. The third kappa shape index (κ3) is 3.01. The van der Waals surface area contributed by atoms with Crippen molar-refractivity contribution >= 4 is 29.0 Å². The molecule has 3 rings (SSSR count). The molecule has 0 radical (unpaired) electrons. The number of primary amides is 1. The molecule has 3 N–H and O–H groups in total. The first-order chi connectivity index (χ1) is 10.6. The summed E-state index contributed by atoms with van der Waals surface area (Å²) < 4.78 is 1.97. The molecule has 0 aliphatic rings. The minimum absolute atomic E-state index is 0.288. The zero-order chi connectivity index (χ0) is 15.5. The number of aromatic nitrogens is 3. The standard InChI is InChI=1S/C15H14ClN5O/c16-12-7-10(14(17)22)8-19-15(12)18-5-4-11-9-21-6-2-1-3-13(21)20-11/h1-3,6-9H,4-5H2,(H2,17,22)(H,18,19). The normalized spacial score (nSPS) is 10.8. The molecule has 3 heterocycles. The lowest BCUT2D eigenvalue weighted by Crippen LogP contribution is -2.12. The van der Waals surface area contributed by atoms with Crippen LogP contribution in [0.1, 0.15) is 16.1 Å². The van der Waals surface area contributed by atoms with E-state index in [1.807, 2.05) is 35.0 Å². The zero-order valence-corrected chi connectivity index (χ0v) is 12.4. The Morgan fingerprint density at radius 2 is 2.27 bits per heavy atom. The van der Waals surface area contributed by atoms with Crippen molar-refractivity contribution in [1.29, 1.82) is 0 Å². The molecule has 0 aliphatic carbocycles. The first-order valence-corrected chi connectivity index (χ1v) is 7.13. The molecule has 7 heteroatoms. The monoisotopic (exact) mass is 315 g/mol. The Bertz CT molecular complexity index is 797. The Kier molecular flexibility index (Phi) is 3.93. The Morgan fingerprint density at radius 3 is 3.00 bits per heavy atom. The van der Waals surface area contributed by atoms with Crippen molar-refractivity contribution in [3.8, 4) is 0 Å². The van der Waals surface area contributed by atoms with Gasteiger partial charge >= 0.3 is 0 Å². The number of halogens is 1. The second-order valence-electron chi connectivity index (χ2n) is 4.79. The maximum absolute atomic E-state index is 11.0. The van der Waals surface area contributed by atoms with Crippen LogP contribution in [0.4, 0.5) is 5.82 Å². The van der Waals surface area contributed by atoms with Gasteiger partial charge in [-0.3, -0.25) is 4.79 Å². The van der Waals surface area contributed by atoms with Crippen LogP contribution in [0.25, 0.3) is 5.65 Å². The number of pyridine rings is 2. The number of amides is 1. The summed E-state index contributed by atoms with van der Waals surface area (Å²) in [5, 5.41) is 3.49. The van der Waals surface area contributed by atoms with E-state index in [2.05, 4.69) is 15.3 Å². The highest BCUT2D eigenvalue weighted by atomic mass is 35.5. The number of nitrogens with one attached hydrogen (secondary N) is 1. The first kappa shape index (κ1) is 14.3. The van der Waals surface area contributed by atoms with Gasteiger partial charge in [0.15, 0.2) is 0 Å². The lowest BCUT2D eigenvalue weighted by Gasteiger charge is -2.07. The zero-order valence-electron chi connectivity index (χ0n) is 11.7. The van der Waals surface area contributed by atoms with E-state index in [4.69, 9.17) is 17.3 Å². The van der Waals surface area contributed by atoms with E-state index >= 15 is 0 Å². The number of carbonyl (C=O) groups is 1.